The van der Waals surface area contributed by atoms with E-state index in [1.54, 1.807) is 6.07 Å². The predicted octanol–water partition coefficient (Wildman–Crippen LogP) is 4.73. The Labute approximate surface area is 160 Å². The van der Waals surface area contributed by atoms with Crippen LogP contribution in [0.4, 0.5) is 14.9 Å². The van der Waals surface area contributed by atoms with Crippen LogP contribution in [0.5, 0.6) is 0 Å². The number of nitrogens with zero attached hydrogens (tertiary/aromatic N) is 2. The highest BCUT2D eigenvalue weighted by Gasteiger charge is 2.35. The van der Waals surface area contributed by atoms with Gasteiger partial charge in [0, 0.05) is 6.07 Å². The van der Waals surface area contributed by atoms with E-state index in [-0.39, 0.29) is 17.1 Å². The molecule has 0 saturated carbocycles. The third kappa shape index (κ3) is 3.83. The van der Waals surface area contributed by atoms with Crippen LogP contribution in [-0.4, -0.2) is 21.0 Å². The summed E-state index contributed by atoms with van der Waals surface area (Å²) in [6.45, 7) is 0.0305. The predicted molar refractivity (Wildman–Crippen MR) is 98.7 cm³/mol. The largest absolute Gasteiger partial charge is 0.293 e. The number of amides is 2. The second-order valence-corrected chi connectivity index (χ2v) is 7.21. The van der Waals surface area contributed by atoms with Gasteiger partial charge in [0.1, 0.15) is 5.82 Å². The number of hydrogen-bond donors (Lipinski definition) is 0. The number of nitro groups is 1. The first-order valence-electron chi connectivity index (χ1n) is 7.29. The van der Waals surface area contributed by atoms with Crippen LogP contribution in [0.15, 0.2) is 51.8 Å². The number of hydrogen-bond acceptors (Lipinski definition) is 5. The van der Waals surface area contributed by atoms with Gasteiger partial charge < -0.3 is 0 Å². The molecule has 1 saturated heterocycles. The van der Waals surface area contributed by atoms with Gasteiger partial charge in [0.2, 0.25) is 0 Å². The van der Waals surface area contributed by atoms with Crippen molar-refractivity contribution in [3.8, 4) is 0 Å². The van der Waals surface area contributed by atoms with E-state index in [2.05, 4.69) is 15.9 Å². The molecule has 1 aliphatic heterocycles. The van der Waals surface area contributed by atoms with Gasteiger partial charge in [-0.2, -0.15) is 0 Å². The van der Waals surface area contributed by atoms with E-state index >= 15 is 0 Å². The van der Waals surface area contributed by atoms with Gasteiger partial charge in [0.15, 0.2) is 0 Å². The SMILES string of the molecule is O=C1S/C(=C\c2ccc(Br)c([N+](=O)[O-])c2)C(=O)N1Cc1ccc(F)cc1. The first-order valence-corrected chi connectivity index (χ1v) is 8.90. The molecule has 132 valence electrons. The summed E-state index contributed by atoms with van der Waals surface area (Å²) in [5, 5.41) is 10.6. The standard InChI is InChI=1S/C17H10BrFN2O4S/c18-13-6-3-11(7-14(13)21(24)25)8-15-16(22)20(17(23)26-15)9-10-1-4-12(19)5-2-10/h1-8H,9H2/b15-8-. The molecular weight excluding hydrogens is 427 g/mol. The van der Waals surface area contributed by atoms with Crippen molar-refractivity contribution >= 4 is 50.6 Å². The third-order valence-corrected chi connectivity index (χ3v) is 5.17. The molecule has 1 heterocycles. The average molecular weight is 437 g/mol. The third-order valence-electron chi connectivity index (χ3n) is 3.59. The fourth-order valence-corrected chi connectivity index (χ4v) is 3.55. The molecule has 0 atom stereocenters. The van der Waals surface area contributed by atoms with Crippen LogP contribution in [0.3, 0.4) is 0 Å². The Morgan fingerprint density at radius 3 is 2.54 bits per heavy atom. The van der Waals surface area contributed by atoms with Gasteiger partial charge in [0.05, 0.1) is 20.8 Å². The minimum absolute atomic E-state index is 0.0305. The first kappa shape index (κ1) is 18.3. The van der Waals surface area contributed by atoms with E-state index in [9.17, 15) is 24.1 Å². The number of halogens is 2. The molecule has 2 aromatic carbocycles. The van der Waals surface area contributed by atoms with Crippen molar-refractivity contribution in [2.45, 2.75) is 6.54 Å². The number of benzene rings is 2. The van der Waals surface area contributed by atoms with Crippen LogP contribution in [0, 0.1) is 15.9 Å². The van der Waals surface area contributed by atoms with Gasteiger partial charge in [0.25, 0.3) is 16.8 Å². The van der Waals surface area contributed by atoms with Gasteiger partial charge in [-0.05, 0) is 63.1 Å². The zero-order valence-electron chi connectivity index (χ0n) is 13.0. The Bertz CT molecular complexity index is 946. The summed E-state index contributed by atoms with van der Waals surface area (Å²) >= 11 is 3.85. The first-order chi connectivity index (χ1) is 12.3. The van der Waals surface area contributed by atoms with Crippen molar-refractivity contribution in [3.63, 3.8) is 0 Å². The lowest BCUT2D eigenvalue weighted by Crippen LogP contribution is -2.27. The summed E-state index contributed by atoms with van der Waals surface area (Å²) in [7, 11) is 0. The van der Waals surface area contributed by atoms with E-state index in [4.69, 9.17) is 0 Å². The monoisotopic (exact) mass is 436 g/mol. The van der Waals surface area contributed by atoms with E-state index in [0.717, 1.165) is 16.7 Å². The molecule has 6 nitrogen and oxygen atoms in total. The molecular formula is C17H10BrFN2O4S. The van der Waals surface area contributed by atoms with Gasteiger partial charge in [-0.3, -0.25) is 24.6 Å². The maximum atomic E-state index is 13.0. The number of carbonyl (C=O) groups excluding carboxylic acids is 2. The van der Waals surface area contributed by atoms with Crippen molar-refractivity contribution in [2.24, 2.45) is 0 Å². The number of thioether (sulfide) groups is 1. The van der Waals surface area contributed by atoms with E-state index in [1.165, 1.54) is 42.5 Å². The Hall–Kier alpha value is -2.52. The summed E-state index contributed by atoms with van der Waals surface area (Å²) in [5.74, 6) is -0.894. The maximum Gasteiger partial charge on any atom is 0.293 e. The number of imide groups is 1. The lowest BCUT2D eigenvalue weighted by atomic mass is 10.2. The Morgan fingerprint density at radius 1 is 1.19 bits per heavy atom. The Morgan fingerprint density at radius 2 is 1.88 bits per heavy atom. The quantitative estimate of drug-likeness (QED) is 0.393. The fraction of sp³-hybridized carbons (Fsp3) is 0.0588. The fourth-order valence-electron chi connectivity index (χ4n) is 2.32. The lowest BCUT2D eigenvalue weighted by Gasteiger charge is -2.12. The minimum Gasteiger partial charge on any atom is -0.268 e. The van der Waals surface area contributed by atoms with Crippen LogP contribution < -0.4 is 0 Å². The van der Waals surface area contributed by atoms with Crippen molar-refractivity contribution < 1.29 is 18.9 Å². The molecule has 3 rings (SSSR count). The second-order valence-electron chi connectivity index (χ2n) is 5.36. The summed E-state index contributed by atoms with van der Waals surface area (Å²) in [6.07, 6.45) is 1.44. The molecule has 0 aliphatic carbocycles. The zero-order chi connectivity index (χ0) is 18.8. The van der Waals surface area contributed by atoms with Crippen LogP contribution in [0.25, 0.3) is 6.08 Å². The van der Waals surface area contributed by atoms with E-state index < -0.39 is 21.9 Å². The Balaban J connectivity index is 1.84. The zero-order valence-corrected chi connectivity index (χ0v) is 15.4. The summed E-state index contributed by atoms with van der Waals surface area (Å²) in [5.41, 5.74) is 0.922. The molecule has 1 aliphatic rings. The molecule has 0 unspecified atom stereocenters. The van der Waals surface area contributed by atoms with E-state index in [1.807, 2.05) is 0 Å². The molecule has 26 heavy (non-hydrogen) atoms. The lowest BCUT2D eigenvalue weighted by molar-refractivity contribution is -0.385. The number of carbonyl (C=O) groups is 2. The van der Waals surface area contributed by atoms with Gasteiger partial charge in [-0.15, -0.1) is 0 Å². The number of rotatable bonds is 4. The molecule has 0 N–H and O–H groups in total. The van der Waals surface area contributed by atoms with Crippen LogP contribution in [0.2, 0.25) is 0 Å². The van der Waals surface area contributed by atoms with Crippen LogP contribution in [-0.2, 0) is 11.3 Å². The average Bonchev–Trinajstić information content (AvgIpc) is 2.85. The van der Waals surface area contributed by atoms with Crippen molar-refractivity contribution in [1.29, 1.82) is 0 Å². The van der Waals surface area contributed by atoms with Gasteiger partial charge >= 0.3 is 0 Å². The topological polar surface area (TPSA) is 80.5 Å². The van der Waals surface area contributed by atoms with Crippen molar-refractivity contribution in [3.05, 3.63) is 78.9 Å². The maximum absolute atomic E-state index is 13.0. The highest BCUT2D eigenvalue weighted by molar-refractivity contribution is 9.10. The second kappa shape index (κ2) is 7.38. The van der Waals surface area contributed by atoms with E-state index in [0.29, 0.717) is 15.6 Å². The molecule has 0 aromatic heterocycles. The normalized spacial score (nSPS) is 15.8. The Kier molecular flexibility index (Phi) is 5.19. The molecule has 2 aromatic rings. The highest BCUT2D eigenvalue weighted by Crippen LogP contribution is 2.34. The molecule has 0 bridgehead atoms. The summed E-state index contributed by atoms with van der Waals surface area (Å²) in [6, 6.07) is 9.94. The smallest absolute Gasteiger partial charge is 0.268 e. The molecule has 0 radical (unpaired) electrons. The van der Waals surface area contributed by atoms with Crippen LogP contribution >= 0.6 is 27.7 Å². The molecule has 0 spiro atoms. The highest BCUT2D eigenvalue weighted by atomic mass is 79.9. The van der Waals surface area contributed by atoms with Crippen molar-refractivity contribution in [1.82, 2.24) is 4.90 Å². The summed E-state index contributed by atoms with van der Waals surface area (Å²) in [4.78, 5) is 36.3. The van der Waals surface area contributed by atoms with Crippen LogP contribution in [0.1, 0.15) is 11.1 Å². The minimum atomic E-state index is -0.540. The molecule has 1 fully saturated rings. The summed E-state index contributed by atoms with van der Waals surface area (Å²) < 4.78 is 13.3. The van der Waals surface area contributed by atoms with Crippen molar-refractivity contribution in [2.75, 3.05) is 0 Å². The number of nitro benzene ring substituents is 1. The van der Waals surface area contributed by atoms with Gasteiger partial charge in [-0.1, -0.05) is 18.2 Å². The molecule has 9 heteroatoms. The van der Waals surface area contributed by atoms with Gasteiger partial charge in [-0.25, -0.2) is 4.39 Å². The molecule has 2 amide bonds.